The van der Waals surface area contributed by atoms with Gasteiger partial charge in [-0.05, 0) is 59.6 Å². The minimum absolute atomic E-state index is 0.0551. The van der Waals surface area contributed by atoms with Crippen LogP contribution in [0.4, 0.5) is 5.69 Å². The van der Waals surface area contributed by atoms with Crippen molar-refractivity contribution in [2.45, 2.75) is 18.7 Å². The maximum absolute atomic E-state index is 12.3. The molecule has 0 fully saturated rings. The average Bonchev–Trinajstić information content (AvgIpc) is 2.33. The molecule has 6 heteroatoms. The van der Waals surface area contributed by atoms with E-state index in [9.17, 15) is 13.5 Å². The molecule has 0 unspecified atom stereocenters. The van der Waals surface area contributed by atoms with Gasteiger partial charge in [0.1, 0.15) is 5.75 Å². The Bertz CT molecular complexity index is 757. The van der Waals surface area contributed by atoms with Crippen LogP contribution in [0, 0.1) is 13.8 Å². The molecule has 0 aliphatic carbocycles. The molecule has 0 saturated heterocycles. The highest BCUT2D eigenvalue weighted by atomic mass is 79.9. The summed E-state index contributed by atoms with van der Waals surface area (Å²) in [7, 11) is -3.64. The van der Waals surface area contributed by atoms with Crippen LogP contribution in [0.5, 0.6) is 5.75 Å². The van der Waals surface area contributed by atoms with E-state index in [0.717, 1.165) is 5.56 Å². The molecule has 2 aromatic rings. The Morgan fingerprint density at radius 2 is 1.80 bits per heavy atom. The first-order valence-corrected chi connectivity index (χ1v) is 8.16. The number of hydrogen-bond donors (Lipinski definition) is 2. The molecular formula is C14H14BrNO3S. The van der Waals surface area contributed by atoms with Crippen LogP contribution in [0.3, 0.4) is 0 Å². The van der Waals surface area contributed by atoms with E-state index in [1.807, 2.05) is 13.0 Å². The number of aromatic hydroxyl groups is 1. The third kappa shape index (κ3) is 3.13. The van der Waals surface area contributed by atoms with Crippen molar-refractivity contribution < 1.29 is 13.5 Å². The van der Waals surface area contributed by atoms with Gasteiger partial charge in [0.2, 0.25) is 0 Å². The van der Waals surface area contributed by atoms with Crippen LogP contribution in [0.15, 0.2) is 45.8 Å². The van der Waals surface area contributed by atoms with E-state index >= 15 is 0 Å². The lowest BCUT2D eigenvalue weighted by Crippen LogP contribution is -2.14. The zero-order valence-corrected chi connectivity index (χ0v) is 13.4. The molecule has 0 aliphatic heterocycles. The number of benzene rings is 2. The standard InChI is InChI=1S/C14H14BrNO3S/c1-9-3-6-14(10(2)7-9)20(18,19)16-11-4-5-13(17)12(15)8-11/h3-8,16-17H,1-2H3. The topological polar surface area (TPSA) is 66.4 Å². The molecular weight excluding hydrogens is 342 g/mol. The molecule has 0 aromatic heterocycles. The van der Waals surface area contributed by atoms with E-state index in [4.69, 9.17) is 0 Å². The molecule has 2 rings (SSSR count). The summed E-state index contributed by atoms with van der Waals surface area (Å²) in [5.74, 6) is 0.0551. The number of hydrogen-bond acceptors (Lipinski definition) is 3. The van der Waals surface area contributed by atoms with Gasteiger partial charge < -0.3 is 5.11 Å². The lowest BCUT2D eigenvalue weighted by atomic mass is 10.2. The fourth-order valence-electron chi connectivity index (χ4n) is 1.88. The monoisotopic (exact) mass is 355 g/mol. The smallest absolute Gasteiger partial charge is 0.262 e. The molecule has 0 heterocycles. The Labute approximate surface area is 126 Å². The predicted octanol–water partition coefficient (Wildman–Crippen LogP) is 3.57. The number of rotatable bonds is 3. The summed E-state index contributed by atoms with van der Waals surface area (Å²) in [4.78, 5) is 0.243. The van der Waals surface area contributed by atoms with Crippen molar-refractivity contribution in [1.82, 2.24) is 0 Å². The maximum atomic E-state index is 12.3. The number of nitrogens with one attached hydrogen (secondary N) is 1. The largest absolute Gasteiger partial charge is 0.507 e. The first-order valence-electron chi connectivity index (χ1n) is 5.88. The quantitative estimate of drug-likeness (QED) is 0.827. The Hall–Kier alpha value is -1.53. The van der Waals surface area contributed by atoms with Crippen LogP contribution in [0.2, 0.25) is 0 Å². The predicted molar refractivity (Wildman–Crippen MR) is 82.5 cm³/mol. The van der Waals surface area contributed by atoms with Crippen molar-refractivity contribution >= 4 is 31.6 Å². The highest BCUT2D eigenvalue weighted by Crippen LogP contribution is 2.28. The summed E-state index contributed by atoms with van der Waals surface area (Å²) < 4.78 is 27.6. The minimum Gasteiger partial charge on any atom is -0.507 e. The van der Waals surface area contributed by atoms with Crippen molar-refractivity contribution in [2.24, 2.45) is 0 Å². The summed E-state index contributed by atoms with van der Waals surface area (Å²) in [6.07, 6.45) is 0. The third-order valence-corrected chi connectivity index (χ3v) is 5.00. The average molecular weight is 356 g/mol. The molecule has 0 bridgehead atoms. The summed E-state index contributed by atoms with van der Waals surface area (Å²) in [6, 6.07) is 9.60. The number of phenolic OH excluding ortho intramolecular Hbond substituents is 1. The lowest BCUT2D eigenvalue weighted by molar-refractivity contribution is 0.472. The fourth-order valence-corrected chi connectivity index (χ4v) is 3.54. The van der Waals surface area contributed by atoms with Gasteiger partial charge >= 0.3 is 0 Å². The molecule has 0 aliphatic rings. The molecule has 106 valence electrons. The van der Waals surface area contributed by atoms with E-state index in [0.29, 0.717) is 15.7 Å². The number of phenols is 1. The SMILES string of the molecule is Cc1ccc(S(=O)(=O)Nc2ccc(O)c(Br)c2)c(C)c1. The van der Waals surface area contributed by atoms with Gasteiger partial charge in [0.05, 0.1) is 15.1 Å². The van der Waals surface area contributed by atoms with E-state index in [1.165, 1.54) is 18.2 Å². The van der Waals surface area contributed by atoms with Crippen LogP contribution >= 0.6 is 15.9 Å². The maximum Gasteiger partial charge on any atom is 0.262 e. The van der Waals surface area contributed by atoms with Crippen LogP contribution in [0.1, 0.15) is 11.1 Å². The normalized spacial score (nSPS) is 11.3. The van der Waals surface area contributed by atoms with E-state index in [-0.39, 0.29) is 10.6 Å². The number of halogens is 1. The Balaban J connectivity index is 2.38. The van der Waals surface area contributed by atoms with Gasteiger partial charge in [0, 0.05) is 0 Å². The molecule has 0 spiro atoms. The second-order valence-electron chi connectivity index (χ2n) is 4.54. The first kappa shape index (κ1) is 14.9. The van der Waals surface area contributed by atoms with Gasteiger partial charge in [0.15, 0.2) is 0 Å². The summed E-state index contributed by atoms with van der Waals surface area (Å²) >= 11 is 3.15. The second-order valence-corrected chi connectivity index (χ2v) is 7.05. The zero-order valence-electron chi connectivity index (χ0n) is 11.0. The van der Waals surface area contributed by atoms with Gasteiger partial charge in [-0.25, -0.2) is 8.42 Å². The Kier molecular flexibility index (Phi) is 4.06. The summed E-state index contributed by atoms with van der Waals surface area (Å²) in [5, 5.41) is 9.41. The highest BCUT2D eigenvalue weighted by Gasteiger charge is 2.17. The third-order valence-electron chi connectivity index (χ3n) is 2.82. The van der Waals surface area contributed by atoms with Crippen molar-refractivity contribution in [2.75, 3.05) is 4.72 Å². The summed E-state index contributed by atoms with van der Waals surface area (Å²) in [5.41, 5.74) is 2.08. The lowest BCUT2D eigenvalue weighted by Gasteiger charge is -2.11. The molecule has 0 atom stereocenters. The second kappa shape index (κ2) is 5.46. The van der Waals surface area contributed by atoms with Gasteiger partial charge in [0.25, 0.3) is 10.0 Å². The van der Waals surface area contributed by atoms with Crippen molar-refractivity contribution in [3.05, 3.63) is 52.0 Å². The van der Waals surface area contributed by atoms with Crippen molar-refractivity contribution in [3.8, 4) is 5.75 Å². The first-order chi connectivity index (χ1) is 9.29. The van der Waals surface area contributed by atoms with Gasteiger partial charge in [-0.2, -0.15) is 0 Å². The molecule has 20 heavy (non-hydrogen) atoms. The number of anilines is 1. The fraction of sp³-hybridized carbons (Fsp3) is 0.143. The highest BCUT2D eigenvalue weighted by molar-refractivity contribution is 9.10. The molecule has 0 amide bonds. The van der Waals surface area contributed by atoms with Gasteiger partial charge in [-0.3, -0.25) is 4.72 Å². The summed E-state index contributed by atoms with van der Waals surface area (Å²) in [6.45, 7) is 3.67. The van der Waals surface area contributed by atoms with Crippen LogP contribution in [0.25, 0.3) is 0 Å². The van der Waals surface area contributed by atoms with Gasteiger partial charge in [-0.1, -0.05) is 17.7 Å². The number of aryl methyl sites for hydroxylation is 2. The Morgan fingerprint density at radius 1 is 1.10 bits per heavy atom. The van der Waals surface area contributed by atoms with Crippen LogP contribution in [-0.4, -0.2) is 13.5 Å². The van der Waals surface area contributed by atoms with Crippen LogP contribution < -0.4 is 4.72 Å². The minimum atomic E-state index is -3.64. The molecule has 0 saturated carbocycles. The molecule has 2 N–H and O–H groups in total. The van der Waals surface area contributed by atoms with Gasteiger partial charge in [-0.15, -0.1) is 0 Å². The number of sulfonamides is 1. The molecule has 2 aromatic carbocycles. The molecule has 4 nitrogen and oxygen atoms in total. The van der Waals surface area contributed by atoms with E-state index in [2.05, 4.69) is 20.7 Å². The molecule has 0 radical (unpaired) electrons. The zero-order chi connectivity index (χ0) is 14.9. The van der Waals surface area contributed by atoms with E-state index in [1.54, 1.807) is 19.1 Å². The Morgan fingerprint density at radius 3 is 2.40 bits per heavy atom. The van der Waals surface area contributed by atoms with Crippen molar-refractivity contribution in [3.63, 3.8) is 0 Å². The van der Waals surface area contributed by atoms with Crippen LogP contribution in [-0.2, 0) is 10.0 Å². The van der Waals surface area contributed by atoms with Crippen molar-refractivity contribution in [1.29, 1.82) is 0 Å². The van der Waals surface area contributed by atoms with E-state index < -0.39 is 10.0 Å².